The van der Waals surface area contributed by atoms with Crippen LogP contribution in [0.1, 0.15) is 24.0 Å². The van der Waals surface area contributed by atoms with E-state index in [4.69, 9.17) is 12.2 Å². The number of hydrogen-bond acceptors (Lipinski definition) is 1. The number of aromatic nitrogens is 1. The summed E-state index contributed by atoms with van der Waals surface area (Å²) in [6.07, 6.45) is 6.84. The van der Waals surface area contributed by atoms with Gasteiger partial charge in [-0.1, -0.05) is 12.2 Å². The van der Waals surface area contributed by atoms with Crippen LogP contribution in [-0.2, 0) is 12.8 Å². The van der Waals surface area contributed by atoms with Crippen molar-refractivity contribution in [1.82, 2.24) is 4.98 Å². The Morgan fingerprint density at radius 2 is 1.92 bits per heavy atom. The number of pyridine rings is 1. The van der Waals surface area contributed by atoms with Gasteiger partial charge in [0.1, 0.15) is 4.64 Å². The fourth-order valence-corrected chi connectivity index (χ4v) is 2.56. The molecule has 0 saturated heterocycles. The van der Waals surface area contributed by atoms with E-state index in [1.807, 2.05) is 6.20 Å². The predicted octanol–water partition coefficient (Wildman–Crippen LogP) is 3.39. The van der Waals surface area contributed by atoms with Gasteiger partial charge in [-0.3, -0.25) is 0 Å². The van der Waals surface area contributed by atoms with E-state index >= 15 is 0 Å². The zero-order valence-electron chi connectivity index (χ0n) is 6.69. The van der Waals surface area contributed by atoms with Gasteiger partial charge >= 0.3 is 0 Å². The monoisotopic (exact) mass is 243 g/mol. The van der Waals surface area contributed by atoms with Gasteiger partial charge in [0.15, 0.2) is 0 Å². The summed E-state index contributed by atoms with van der Waals surface area (Å²) in [5.74, 6) is 0. The minimum absolute atomic E-state index is 0.924. The maximum atomic E-state index is 5.22. The average Bonchev–Trinajstić information content (AvgIpc) is 2.12. The van der Waals surface area contributed by atoms with Crippen molar-refractivity contribution < 1.29 is 0 Å². The molecular formula is C9H10BrNS. The molecule has 1 heterocycles. The Hall–Kier alpha value is -0.150. The summed E-state index contributed by atoms with van der Waals surface area (Å²) in [4.78, 5) is 3.10. The molecule has 2 rings (SSSR count). The Morgan fingerprint density at radius 1 is 1.25 bits per heavy atom. The van der Waals surface area contributed by atoms with Gasteiger partial charge in [-0.15, -0.1) is 0 Å². The first-order chi connectivity index (χ1) is 5.79. The van der Waals surface area contributed by atoms with Crippen molar-refractivity contribution in [3.63, 3.8) is 0 Å². The predicted molar refractivity (Wildman–Crippen MR) is 56.0 cm³/mol. The molecule has 1 aliphatic carbocycles. The molecule has 1 N–H and O–H groups in total. The summed E-state index contributed by atoms with van der Waals surface area (Å²) >= 11 is 8.76. The van der Waals surface area contributed by atoms with Crippen LogP contribution in [0.25, 0.3) is 0 Å². The standard InChI is InChI=1S/C9H10BrNS/c10-8-5-11-9(12)7-4-2-1-3-6(7)8/h5H,1-4H2,(H,11,12). The van der Waals surface area contributed by atoms with Crippen LogP contribution in [-0.4, -0.2) is 4.98 Å². The smallest absolute Gasteiger partial charge is 0.106 e. The summed E-state index contributed by atoms with van der Waals surface area (Å²) in [5, 5.41) is 0. The van der Waals surface area contributed by atoms with E-state index in [9.17, 15) is 0 Å². The molecule has 0 fully saturated rings. The van der Waals surface area contributed by atoms with E-state index in [0.717, 1.165) is 11.1 Å². The van der Waals surface area contributed by atoms with Gasteiger partial charge in [0, 0.05) is 10.7 Å². The highest BCUT2D eigenvalue weighted by Crippen LogP contribution is 2.27. The molecule has 1 aromatic rings. The summed E-state index contributed by atoms with van der Waals surface area (Å²) < 4.78 is 2.11. The number of nitrogens with one attached hydrogen (secondary N) is 1. The van der Waals surface area contributed by atoms with E-state index in [1.54, 1.807) is 0 Å². The van der Waals surface area contributed by atoms with Gasteiger partial charge in [0.2, 0.25) is 0 Å². The second-order valence-electron chi connectivity index (χ2n) is 3.13. The molecule has 1 aliphatic rings. The molecule has 1 aromatic heterocycles. The quantitative estimate of drug-likeness (QED) is 0.691. The fraction of sp³-hybridized carbons (Fsp3) is 0.444. The second-order valence-corrected chi connectivity index (χ2v) is 4.39. The van der Waals surface area contributed by atoms with Crippen LogP contribution in [0.5, 0.6) is 0 Å². The van der Waals surface area contributed by atoms with E-state index in [1.165, 1.54) is 34.9 Å². The lowest BCUT2D eigenvalue weighted by molar-refractivity contribution is 0.677. The normalized spacial score (nSPS) is 15.8. The third-order valence-corrected chi connectivity index (χ3v) is 3.43. The zero-order chi connectivity index (χ0) is 8.55. The molecule has 64 valence electrons. The van der Waals surface area contributed by atoms with Crippen LogP contribution in [0, 0.1) is 4.64 Å². The molecule has 0 spiro atoms. The summed E-state index contributed by atoms with van der Waals surface area (Å²) in [7, 11) is 0. The Kier molecular flexibility index (Phi) is 2.33. The fourth-order valence-electron chi connectivity index (χ4n) is 1.72. The lowest BCUT2D eigenvalue weighted by atomic mass is 9.94. The highest BCUT2D eigenvalue weighted by Gasteiger charge is 2.12. The van der Waals surface area contributed by atoms with E-state index < -0.39 is 0 Å². The van der Waals surface area contributed by atoms with Crippen molar-refractivity contribution >= 4 is 28.1 Å². The number of aromatic amines is 1. The molecule has 0 radical (unpaired) electrons. The molecule has 0 amide bonds. The van der Waals surface area contributed by atoms with Crippen LogP contribution in [0.3, 0.4) is 0 Å². The first kappa shape index (κ1) is 8.45. The summed E-state index contributed by atoms with van der Waals surface area (Å²) in [6.45, 7) is 0. The molecule has 1 nitrogen and oxygen atoms in total. The molecule has 0 bridgehead atoms. The third-order valence-electron chi connectivity index (χ3n) is 2.36. The van der Waals surface area contributed by atoms with Gasteiger partial charge in [-0.05, 0) is 52.7 Å². The lowest BCUT2D eigenvalue weighted by Gasteiger charge is -2.16. The lowest BCUT2D eigenvalue weighted by Crippen LogP contribution is -2.05. The number of H-pyrrole nitrogens is 1. The highest BCUT2D eigenvalue weighted by atomic mass is 79.9. The third kappa shape index (κ3) is 1.36. The number of halogens is 1. The molecule has 0 unspecified atom stereocenters. The summed E-state index contributed by atoms with van der Waals surface area (Å²) in [6, 6.07) is 0. The van der Waals surface area contributed by atoms with Crippen LogP contribution < -0.4 is 0 Å². The van der Waals surface area contributed by atoms with Crippen molar-refractivity contribution in [3.05, 3.63) is 26.4 Å². The van der Waals surface area contributed by atoms with Crippen molar-refractivity contribution in [2.75, 3.05) is 0 Å². The maximum Gasteiger partial charge on any atom is 0.106 e. The maximum absolute atomic E-state index is 5.22. The Labute approximate surface area is 85.3 Å². The molecule has 0 atom stereocenters. The molecular weight excluding hydrogens is 234 g/mol. The van der Waals surface area contributed by atoms with Gasteiger partial charge < -0.3 is 4.98 Å². The van der Waals surface area contributed by atoms with E-state index in [0.29, 0.717) is 0 Å². The Morgan fingerprint density at radius 3 is 2.58 bits per heavy atom. The minimum Gasteiger partial charge on any atom is -0.352 e. The first-order valence-electron chi connectivity index (χ1n) is 4.18. The SMILES string of the molecule is S=c1[nH]cc(Br)c2c1CCCC2. The number of rotatable bonds is 0. The van der Waals surface area contributed by atoms with Crippen molar-refractivity contribution in [1.29, 1.82) is 0 Å². The topological polar surface area (TPSA) is 15.8 Å². The Bertz CT molecular complexity index is 356. The van der Waals surface area contributed by atoms with Crippen molar-refractivity contribution in [3.8, 4) is 0 Å². The van der Waals surface area contributed by atoms with Gasteiger partial charge in [-0.2, -0.15) is 0 Å². The molecule has 0 aromatic carbocycles. The second kappa shape index (κ2) is 3.30. The van der Waals surface area contributed by atoms with Crippen molar-refractivity contribution in [2.45, 2.75) is 25.7 Å². The number of hydrogen-bond donors (Lipinski definition) is 1. The molecule has 0 saturated carbocycles. The molecule has 0 aliphatic heterocycles. The zero-order valence-corrected chi connectivity index (χ0v) is 9.09. The van der Waals surface area contributed by atoms with Crippen LogP contribution in [0.2, 0.25) is 0 Å². The Balaban J connectivity index is 2.64. The van der Waals surface area contributed by atoms with E-state index in [-0.39, 0.29) is 0 Å². The van der Waals surface area contributed by atoms with E-state index in [2.05, 4.69) is 20.9 Å². The minimum atomic E-state index is 0.924. The highest BCUT2D eigenvalue weighted by molar-refractivity contribution is 9.10. The van der Waals surface area contributed by atoms with Crippen LogP contribution in [0.15, 0.2) is 10.7 Å². The first-order valence-corrected chi connectivity index (χ1v) is 5.38. The van der Waals surface area contributed by atoms with Crippen LogP contribution in [0.4, 0.5) is 0 Å². The van der Waals surface area contributed by atoms with Gasteiger partial charge in [0.25, 0.3) is 0 Å². The number of fused-ring (bicyclic) bond motifs is 1. The van der Waals surface area contributed by atoms with Gasteiger partial charge in [-0.25, -0.2) is 0 Å². The largest absolute Gasteiger partial charge is 0.352 e. The van der Waals surface area contributed by atoms with Crippen LogP contribution >= 0.6 is 28.1 Å². The van der Waals surface area contributed by atoms with Crippen molar-refractivity contribution in [2.24, 2.45) is 0 Å². The molecule has 3 heteroatoms. The van der Waals surface area contributed by atoms with Gasteiger partial charge in [0.05, 0.1) is 0 Å². The molecule has 12 heavy (non-hydrogen) atoms. The summed E-state index contributed by atoms with van der Waals surface area (Å²) in [5.41, 5.74) is 2.77. The average molecular weight is 244 g/mol.